The molecule has 0 unspecified atom stereocenters. The number of amides is 3. The minimum absolute atomic E-state index is 0.0710. The van der Waals surface area contributed by atoms with Gasteiger partial charge in [0.05, 0.1) is 29.4 Å². The van der Waals surface area contributed by atoms with Crippen molar-refractivity contribution < 1.29 is 19.1 Å². The molecule has 0 saturated carbocycles. The van der Waals surface area contributed by atoms with Crippen molar-refractivity contribution in [3.05, 3.63) is 46.2 Å². The number of fused-ring (bicyclic) bond motifs is 1. The molecule has 2 aromatic rings. The summed E-state index contributed by atoms with van der Waals surface area (Å²) in [6, 6.07) is 4.52. The van der Waals surface area contributed by atoms with E-state index >= 15 is 0 Å². The molecule has 178 valence electrons. The molecule has 0 aliphatic carbocycles. The maximum Gasteiger partial charge on any atom is 0.257 e. The van der Waals surface area contributed by atoms with Gasteiger partial charge in [-0.3, -0.25) is 19.1 Å². The molecule has 1 aromatic carbocycles. The minimum atomic E-state index is -0.337. The zero-order chi connectivity index (χ0) is 24.0. The first-order chi connectivity index (χ1) is 15.8. The lowest BCUT2D eigenvalue weighted by Crippen LogP contribution is -2.45. The fourth-order valence-electron chi connectivity index (χ4n) is 3.59. The number of carbonyl (C=O) groups excluding carboxylic acids is 3. The molecule has 10 heteroatoms. The number of ether oxygens (including phenoxy) is 1. The Morgan fingerprint density at radius 3 is 2.82 bits per heavy atom. The lowest BCUT2D eigenvalue weighted by Gasteiger charge is -2.23. The molecule has 0 bridgehead atoms. The zero-order valence-corrected chi connectivity index (χ0v) is 19.9. The molecule has 1 atom stereocenters. The summed E-state index contributed by atoms with van der Waals surface area (Å²) in [5, 5.41) is 10.5. The summed E-state index contributed by atoms with van der Waals surface area (Å²) in [5.41, 5.74) is 1.46. The van der Waals surface area contributed by atoms with E-state index in [4.69, 9.17) is 16.3 Å². The molecule has 3 amide bonds. The van der Waals surface area contributed by atoms with Gasteiger partial charge in [0.2, 0.25) is 5.91 Å². The number of carbonyl (C=O) groups is 3. The van der Waals surface area contributed by atoms with Gasteiger partial charge in [0.15, 0.2) is 0 Å². The second-order valence-electron chi connectivity index (χ2n) is 8.09. The third kappa shape index (κ3) is 6.47. The van der Waals surface area contributed by atoms with Crippen LogP contribution in [-0.4, -0.2) is 64.7 Å². The lowest BCUT2D eigenvalue weighted by atomic mass is 10.1. The summed E-state index contributed by atoms with van der Waals surface area (Å²) < 4.78 is 7.50. The van der Waals surface area contributed by atoms with Crippen LogP contribution in [0.15, 0.2) is 24.4 Å². The molecule has 1 aliphatic rings. The van der Waals surface area contributed by atoms with Crippen LogP contribution >= 0.6 is 11.6 Å². The number of aromatic nitrogens is 2. The first kappa shape index (κ1) is 24.6. The second-order valence-corrected chi connectivity index (χ2v) is 8.53. The van der Waals surface area contributed by atoms with E-state index in [1.807, 2.05) is 6.92 Å². The van der Waals surface area contributed by atoms with Gasteiger partial charge in [-0.1, -0.05) is 11.6 Å². The van der Waals surface area contributed by atoms with Crippen LogP contribution in [0.4, 0.5) is 0 Å². The van der Waals surface area contributed by atoms with Crippen LogP contribution in [-0.2, 0) is 11.3 Å². The summed E-state index contributed by atoms with van der Waals surface area (Å²) >= 11 is 6.07. The van der Waals surface area contributed by atoms with Crippen molar-refractivity contribution >= 4 is 29.3 Å². The average Bonchev–Trinajstić information content (AvgIpc) is 3.16. The van der Waals surface area contributed by atoms with Crippen LogP contribution in [0, 0.1) is 6.92 Å². The largest absolute Gasteiger partial charge is 0.491 e. The highest BCUT2D eigenvalue weighted by atomic mass is 35.5. The molecule has 1 aliphatic heterocycles. The third-order valence-corrected chi connectivity index (χ3v) is 5.58. The highest BCUT2D eigenvalue weighted by Crippen LogP contribution is 2.23. The Morgan fingerprint density at radius 1 is 1.30 bits per heavy atom. The lowest BCUT2D eigenvalue weighted by molar-refractivity contribution is -0.122. The number of hydrogen-bond acceptors (Lipinski definition) is 5. The van der Waals surface area contributed by atoms with E-state index in [1.54, 1.807) is 42.9 Å². The van der Waals surface area contributed by atoms with Gasteiger partial charge in [0.1, 0.15) is 12.4 Å². The van der Waals surface area contributed by atoms with Crippen molar-refractivity contribution in [1.82, 2.24) is 25.3 Å². The predicted molar refractivity (Wildman–Crippen MR) is 125 cm³/mol. The van der Waals surface area contributed by atoms with Crippen molar-refractivity contribution in [1.29, 1.82) is 0 Å². The minimum Gasteiger partial charge on any atom is -0.491 e. The number of benzene rings is 1. The quantitative estimate of drug-likeness (QED) is 0.693. The van der Waals surface area contributed by atoms with Gasteiger partial charge in [0, 0.05) is 30.9 Å². The topological polar surface area (TPSA) is 106 Å². The average molecular weight is 476 g/mol. The van der Waals surface area contributed by atoms with E-state index in [9.17, 15) is 14.4 Å². The molecule has 2 heterocycles. The van der Waals surface area contributed by atoms with E-state index < -0.39 is 0 Å². The summed E-state index contributed by atoms with van der Waals surface area (Å²) in [6.07, 6.45) is 2.97. The van der Waals surface area contributed by atoms with Gasteiger partial charge in [-0.05, 0) is 51.8 Å². The number of rotatable bonds is 2. The first-order valence-corrected chi connectivity index (χ1v) is 11.5. The van der Waals surface area contributed by atoms with E-state index in [0.29, 0.717) is 60.1 Å². The number of hydrogen-bond donors (Lipinski definition) is 2. The zero-order valence-electron chi connectivity index (χ0n) is 19.2. The van der Waals surface area contributed by atoms with Gasteiger partial charge in [0.25, 0.3) is 11.8 Å². The van der Waals surface area contributed by atoms with E-state index in [1.165, 1.54) is 4.90 Å². The van der Waals surface area contributed by atoms with Crippen LogP contribution in [0.2, 0.25) is 5.02 Å². The maximum atomic E-state index is 13.2. The van der Waals surface area contributed by atoms with Crippen molar-refractivity contribution in [2.45, 2.75) is 46.2 Å². The Morgan fingerprint density at radius 2 is 2.09 bits per heavy atom. The molecule has 33 heavy (non-hydrogen) atoms. The first-order valence-electron chi connectivity index (χ1n) is 11.1. The van der Waals surface area contributed by atoms with E-state index in [-0.39, 0.29) is 36.9 Å². The molecule has 0 fully saturated rings. The van der Waals surface area contributed by atoms with Gasteiger partial charge >= 0.3 is 0 Å². The number of nitrogens with zero attached hydrogens (tertiary/aromatic N) is 3. The molecule has 0 saturated heterocycles. The Kier molecular flexibility index (Phi) is 8.32. The Labute approximate surface area is 198 Å². The summed E-state index contributed by atoms with van der Waals surface area (Å²) in [6.45, 7) is 7.07. The van der Waals surface area contributed by atoms with Gasteiger partial charge in [-0.2, -0.15) is 5.10 Å². The monoisotopic (exact) mass is 475 g/mol. The number of nitrogens with one attached hydrogen (secondary N) is 2. The molecule has 3 rings (SSSR count). The standard InChI is InChI=1S/C23H30ClN5O4/c1-4-29-12-19(16(3)27-29)23(32)28-10-6-5-9-25-22(31)18-11-17(24)7-8-20(18)33-14-15(2)26-21(30)13-28/h7-8,11-12,15H,4-6,9-10,13-14H2,1-3H3,(H,25,31)(H,26,30)/t15-/m1/s1. The molecule has 1 aromatic heterocycles. The fourth-order valence-corrected chi connectivity index (χ4v) is 3.77. The highest BCUT2D eigenvalue weighted by Gasteiger charge is 2.23. The Bertz CT molecular complexity index is 1020. The van der Waals surface area contributed by atoms with Crippen molar-refractivity contribution in [3.8, 4) is 5.75 Å². The highest BCUT2D eigenvalue weighted by molar-refractivity contribution is 6.31. The van der Waals surface area contributed by atoms with Crippen LogP contribution in [0.3, 0.4) is 0 Å². The number of aryl methyl sites for hydroxylation is 2. The summed E-state index contributed by atoms with van der Waals surface area (Å²) in [4.78, 5) is 40.1. The predicted octanol–water partition coefficient (Wildman–Crippen LogP) is 2.41. The van der Waals surface area contributed by atoms with Crippen LogP contribution < -0.4 is 15.4 Å². The number of halogens is 1. The fraction of sp³-hybridized carbons (Fsp3) is 0.478. The normalized spacial score (nSPS) is 18.3. The van der Waals surface area contributed by atoms with Gasteiger partial charge in [-0.15, -0.1) is 0 Å². The van der Waals surface area contributed by atoms with Crippen LogP contribution in [0.1, 0.15) is 53.1 Å². The van der Waals surface area contributed by atoms with Crippen molar-refractivity contribution in [2.75, 3.05) is 26.2 Å². The molecule has 0 radical (unpaired) electrons. The Balaban J connectivity index is 1.77. The molecule has 2 N–H and O–H groups in total. The molecular formula is C23H30ClN5O4. The third-order valence-electron chi connectivity index (χ3n) is 5.35. The van der Waals surface area contributed by atoms with Gasteiger partial charge in [-0.25, -0.2) is 0 Å². The summed E-state index contributed by atoms with van der Waals surface area (Å²) in [7, 11) is 0. The van der Waals surface area contributed by atoms with Gasteiger partial charge < -0.3 is 20.3 Å². The van der Waals surface area contributed by atoms with E-state index in [0.717, 1.165) is 0 Å². The second kappa shape index (κ2) is 11.2. The van der Waals surface area contributed by atoms with Crippen LogP contribution in [0.25, 0.3) is 0 Å². The van der Waals surface area contributed by atoms with E-state index in [2.05, 4.69) is 15.7 Å². The Hall–Kier alpha value is -3.07. The summed E-state index contributed by atoms with van der Waals surface area (Å²) in [5.74, 6) is -0.398. The van der Waals surface area contributed by atoms with Crippen LogP contribution in [0.5, 0.6) is 5.75 Å². The molecule has 0 spiro atoms. The van der Waals surface area contributed by atoms with Crippen molar-refractivity contribution in [2.24, 2.45) is 0 Å². The SMILES string of the molecule is CCn1cc(C(=O)N2CCCCNC(=O)c3cc(Cl)ccc3OC[C@@H](C)NC(=O)C2)c(C)n1. The van der Waals surface area contributed by atoms with Crippen molar-refractivity contribution in [3.63, 3.8) is 0 Å². The maximum absolute atomic E-state index is 13.2. The molecule has 9 nitrogen and oxygen atoms in total. The molecular weight excluding hydrogens is 446 g/mol. The smallest absolute Gasteiger partial charge is 0.257 e.